The Morgan fingerprint density at radius 3 is 1.97 bits per heavy atom. The number of carbonyl (C=O) groups is 5. The zero-order chi connectivity index (χ0) is 25.4. The molecule has 0 radical (unpaired) electrons. The molecule has 11 nitrogen and oxygen atoms in total. The fourth-order valence-corrected chi connectivity index (χ4v) is 3.62. The van der Waals surface area contributed by atoms with Crippen LogP contribution in [-0.4, -0.2) is 72.3 Å². The summed E-state index contributed by atoms with van der Waals surface area (Å²) in [6.07, 6.45) is -5.74. The van der Waals surface area contributed by atoms with Crippen LogP contribution in [-0.2, 0) is 47.7 Å². The van der Waals surface area contributed by atoms with E-state index in [9.17, 15) is 24.0 Å². The topological polar surface area (TPSA) is 135 Å². The molecule has 0 unspecified atom stereocenters. The average Bonchev–Trinajstić information content (AvgIpc) is 3.19. The second kappa shape index (κ2) is 12.1. The first-order valence-corrected chi connectivity index (χ1v) is 10.6. The van der Waals surface area contributed by atoms with Crippen molar-refractivity contribution in [3.8, 4) is 0 Å². The van der Waals surface area contributed by atoms with E-state index in [0.29, 0.717) is 5.56 Å². The lowest BCUT2D eigenvalue weighted by Gasteiger charge is -2.34. The van der Waals surface area contributed by atoms with Gasteiger partial charge in [-0.15, -0.1) is 0 Å². The van der Waals surface area contributed by atoms with Gasteiger partial charge in [0, 0.05) is 40.2 Å². The minimum atomic E-state index is -1.39. The molecule has 1 amide bonds. The highest BCUT2D eigenvalue weighted by Gasteiger charge is 2.48. The SMILES string of the molecule is CC(=O)OC[C@@H](OC(C)=O)[C@@H](OC(C)=O)[C@H](OC(C)=O)[C@@H]1CN(C(C)=O)[C@@H](c2ccccc2)O1. The summed E-state index contributed by atoms with van der Waals surface area (Å²) in [5.41, 5.74) is 0.683. The zero-order valence-corrected chi connectivity index (χ0v) is 19.7. The third-order valence-electron chi connectivity index (χ3n) is 4.88. The van der Waals surface area contributed by atoms with Crippen LogP contribution in [0.25, 0.3) is 0 Å². The van der Waals surface area contributed by atoms with Crippen LogP contribution in [0, 0.1) is 0 Å². The van der Waals surface area contributed by atoms with Crippen LogP contribution in [0.2, 0.25) is 0 Å². The Balaban J connectivity index is 2.46. The highest BCUT2D eigenvalue weighted by atomic mass is 16.6. The fraction of sp³-hybridized carbons (Fsp3) is 0.522. The highest BCUT2D eigenvalue weighted by Crippen LogP contribution is 2.34. The molecule has 1 aliphatic rings. The lowest BCUT2D eigenvalue weighted by Crippen LogP contribution is -2.53. The zero-order valence-electron chi connectivity index (χ0n) is 19.7. The molecule has 34 heavy (non-hydrogen) atoms. The number of nitrogens with zero attached hydrogens (tertiary/aromatic N) is 1. The smallest absolute Gasteiger partial charge is 0.303 e. The molecule has 11 heteroatoms. The van der Waals surface area contributed by atoms with Crippen molar-refractivity contribution in [1.82, 2.24) is 4.90 Å². The van der Waals surface area contributed by atoms with Crippen molar-refractivity contribution in [2.75, 3.05) is 13.2 Å². The maximum atomic E-state index is 12.4. The molecular formula is C23H29NO10. The summed E-state index contributed by atoms with van der Waals surface area (Å²) in [7, 11) is 0. The number of benzene rings is 1. The molecule has 0 aliphatic carbocycles. The van der Waals surface area contributed by atoms with Crippen molar-refractivity contribution in [2.45, 2.75) is 65.3 Å². The maximum absolute atomic E-state index is 12.4. The van der Waals surface area contributed by atoms with Gasteiger partial charge in [-0.05, 0) is 0 Å². The van der Waals surface area contributed by atoms with Crippen molar-refractivity contribution >= 4 is 29.8 Å². The van der Waals surface area contributed by atoms with Gasteiger partial charge in [0.1, 0.15) is 12.7 Å². The lowest BCUT2D eigenvalue weighted by molar-refractivity contribution is -0.200. The van der Waals surface area contributed by atoms with Crippen LogP contribution >= 0.6 is 0 Å². The predicted octanol–water partition coefficient (Wildman–Crippen LogP) is 1.29. The van der Waals surface area contributed by atoms with E-state index < -0.39 is 61.1 Å². The summed E-state index contributed by atoms with van der Waals surface area (Å²) < 4.78 is 27.2. The summed E-state index contributed by atoms with van der Waals surface area (Å²) >= 11 is 0. The van der Waals surface area contributed by atoms with Gasteiger partial charge in [0.05, 0.1) is 6.54 Å². The first-order chi connectivity index (χ1) is 16.0. The molecule has 0 aromatic heterocycles. The van der Waals surface area contributed by atoms with E-state index in [0.717, 1.165) is 27.7 Å². The third-order valence-corrected chi connectivity index (χ3v) is 4.88. The second-order valence-corrected chi connectivity index (χ2v) is 7.71. The monoisotopic (exact) mass is 479 g/mol. The van der Waals surface area contributed by atoms with Gasteiger partial charge in [0.2, 0.25) is 5.91 Å². The van der Waals surface area contributed by atoms with Gasteiger partial charge in [-0.25, -0.2) is 0 Å². The molecule has 186 valence electrons. The van der Waals surface area contributed by atoms with Gasteiger partial charge in [0.25, 0.3) is 0 Å². The molecule has 0 saturated carbocycles. The normalized spacial score (nSPS) is 20.0. The fourth-order valence-electron chi connectivity index (χ4n) is 3.62. The second-order valence-electron chi connectivity index (χ2n) is 7.71. The summed E-state index contributed by atoms with van der Waals surface area (Å²) in [5, 5.41) is 0. The van der Waals surface area contributed by atoms with Crippen molar-refractivity contribution in [3.63, 3.8) is 0 Å². The number of hydrogen-bond donors (Lipinski definition) is 0. The van der Waals surface area contributed by atoms with Crippen molar-refractivity contribution in [1.29, 1.82) is 0 Å². The maximum Gasteiger partial charge on any atom is 0.303 e. The summed E-state index contributed by atoms with van der Waals surface area (Å²) in [6.45, 7) is 5.46. The van der Waals surface area contributed by atoms with Gasteiger partial charge in [-0.1, -0.05) is 30.3 Å². The number of ether oxygens (including phenoxy) is 5. The Labute approximate surface area is 197 Å². The van der Waals surface area contributed by atoms with Crippen molar-refractivity contribution in [2.24, 2.45) is 0 Å². The molecule has 1 aromatic rings. The Kier molecular flexibility index (Phi) is 9.55. The summed E-state index contributed by atoms with van der Waals surface area (Å²) in [4.78, 5) is 60.8. The van der Waals surface area contributed by atoms with E-state index in [1.165, 1.54) is 11.8 Å². The molecule has 0 N–H and O–H groups in total. The Bertz CT molecular complexity index is 902. The van der Waals surface area contributed by atoms with E-state index in [4.69, 9.17) is 23.7 Å². The van der Waals surface area contributed by atoms with Crippen LogP contribution in [0.4, 0.5) is 0 Å². The lowest BCUT2D eigenvalue weighted by atomic mass is 10.0. The average molecular weight is 479 g/mol. The standard InChI is InChI=1S/C23H29NO10/c1-13(25)24-11-19(34-23(24)18-9-7-6-8-10-18)21(32-16(4)28)22(33-17(5)29)20(31-15(3)27)12-30-14(2)26/h6-10,19-23H,11-12H2,1-5H3/t19-,20+,21+,22+,23+/m0/s1. The van der Waals surface area contributed by atoms with Crippen LogP contribution in [0.5, 0.6) is 0 Å². The molecule has 2 rings (SSSR count). The number of carbonyl (C=O) groups excluding carboxylic acids is 5. The minimum Gasteiger partial charge on any atom is -0.462 e. The molecule has 0 spiro atoms. The largest absolute Gasteiger partial charge is 0.462 e. The van der Waals surface area contributed by atoms with Crippen molar-refractivity contribution < 1.29 is 47.7 Å². The van der Waals surface area contributed by atoms with Crippen LogP contribution in [0.15, 0.2) is 30.3 Å². The Hall–Kier alpha value is -3.47. The molecule has 5 atom stereocenters. The summed E-state index contributed by atoms with van der Waals surface area (Å²) in [6, 6.07) is 8.92. The molecule has 0 bridgehead atoms. The highest BCUT2D eigenvalue weighted by molar-refractivity contribution is 5.74. The Morgan fingerprint density at radius 1 is 0.882 bits per heavy atom. The number of esters is 4. The number of amides is 1. The third kappa shape index (κ3) is 7.55. The van der Waals surface area contributed by atoms with E-state index in [1.807, 2.05) is 6.07 Å². The van der Waals surface area contributed by atoms with Crippen LogP contribution in [0.3, 0.4) is 0 Å². The van der Waals surface area contributed by atoms with E-state index in [-0.39, 0.29) is 12.5 Å². The predicted molar refractivity (Wildman–Crippen MR) is 115 cm³/mol. The Morgan fingerprint density at radius 2 is 1.47 bits per heavy atom. The first kappa shape index (κ1) is 26.8. The van der Waals surface area contributed by atoms with Gasteiger partial charge >= 0.3 is 23.9 Å². The van der Waals surface area contributed by atoms with Crippen molar-refractivity contribution in [3.05, 3.63) is 35.9 Å². The van der Waals surface area contributed by atoms with E-state index in [2.05, 4.69) is 0 Å². The molecule has 1 heterocycles. The quantitative estimate of drug-likeness (QED) is 0.377. The molecule has 1 saturated heterocycles. The minimum absolute atomic E-state index is 0.00897. The van der Waals surface area contributed by atoms with E-state index >= 15 is 0 Å². The first-order valence-electron chi connectivity index (χ1n) is 10.6. The van der Waals surface area contributed by atoms with Crippen LogP contribution in [0.1, 0.15) is 46.4 Å². The van der Waals surface area contributed by atoms with Gasteiger partial charge in [0.15, 0.2) is 24.5 Å². The van der Waals surface area contributed by atoms with Crippen LogP contribution < -0.4 is 0 Å². The summed E-state index contributed by atoms with van der Waals surface area (Å²) in [5.74, 6) is -3.18. The van der Waals surface area contributed by atoms with Gasteiger partial charge in [-0.3, -0.25) is 24.0 Å². The molecular weight excluding hydrogens is 450 g/mol. The van der Waals surface area contributed by atoms with E-state index in [1.54, 1.807) is 24.3 Å². The molecule has 1 fully saturated rings. The van der Waals surface area contributed by atoms with Gasteiger partial charge < -0.3 is 28.6 Å². The van der Waals surface area contributed by atoms with Gasteiger partial charge in [-0.2, -0.15) is 0 Å². The number of rotatable bonds is 9. The molecule has 1 aliphatic heterocycles. The number of hydrogen-bond acceptors (Lipinski definition) is 10. The molecule has 1 aromatic carbocycles.